The highest BCUT2D eigenvalue weighted by atomic mass is 79.9. The lowest BCUT2D eigenvalue weighted by Crippen LogP contribution is -2.20. The summed E-state index contributed by atoms with van der Waals surface area (Å²) >= 11 is 4.49. The number of methoxy groups -OCH3 is 1. The number of ether oxygens (including phenoxy) is 1. The molecule has 0 aliphatic rings. The molecule has 1 aromatic heterocycles. The molecule has 2 amide bonds. The van der Waals surface area contributed by atoms with E-state index in [0.717, 1.165) is 3.79 Å². The average molecular weight is 372 g/mol. The van der Waals surface area contributed by atoms with E-state index >= 15 is 0 Å². The molecule has 1 heterocycles. The van der Waals surface area contributed by atoms with Gasteiger partial charge in [-0.1, -0.05) is 11.3 Å². The maximum absolute atomic E-state index is 11.9. The van der Waals surface area contributed by atoms with Crippen molar-refractivity contribution in [2.24, 2.45) is 0 Å². The third kappa shape index (κ3) is 3.92. The Balaban J connectivity index is 2.15. The van der Waals surface area contributed by atoms with Crippen LogP contribution in [0.4, 0.5) is 15.6 Å². The lowest BCUT2D eigenvalue weighted by molar-refractivity contribution is 0.0697. The highest BCUT2D eigenvalue weighted by Crippen LogP contribution is 2.27. The number of hydrogen-bond donors (Lipinski definition) is 3. The second kappa shape index (κ2) is 6.55. The summed E-state index contributed by atoms with van der Waals surface area (Å²) in [7, 11) is 1.43. The first-order valence-corrected chi connectivity index (χ1v) is 7.21. The summed E-state index contributed by atoms with van der Waals surface area (Å²) < 4.78 is 5.86. The number of thiazole rings is 1. The van der Waals surface area contributed by atoms with E-state index in [1.165, 1.54) is 36.6 Å². The van der Waals surface area contributed by atoms with Crippen LogP contribution < -0.4 is 15.4 Å². The Hall–Kier alpha value is -2.13. The third-order valence-electron chi connectivity index (χ3n) is 2.39. The standard InChI is InChI=1S/C12H10BrN3O4S/c1-20-8-3-2-6(10(17)18)4-7(8)15-11(19)16-12-14-5-9(13)21-12/h2-5H,1H3,(H,17,18)(H2,14,15,16,19). The van der Waals surface area contributed by atoms with E-state index in [2.05, 4.69) is 31.5 Å². The lowest BCUT2D eigenvalue weighted by Gasteiger charge is -2.11. The molecule has 110 valence electrons. The first-order chi connectivity index (χ1) is 9.99. The zero-order valence-electron chi connectivity index (χ0n) is 10.7. The van der Waals surface area contributed by atoms with Crippen molar-refractivity contribution >= 4 is 50.1 Å². The van der Waals surface area contributed by atoms with Crippen molar-refractivity contribution in [3.8, 4) is 5.75 Å². The highest BCUT2D eigenvalue weighted by molar-refractivity contribution is 9.11. The minimum Gasteiger partial charge on any atom is -0.495 e. The van der Waals surface area contributed by atoms with Gasteiger partial charge in [0, 0.05) is 0 Å². The van der Waals surface area contributed by atoms with Gasteiger partial charge < -0.3 is 15.2 Å². The van der Waals surface area contributed by atoms with Gasteiger partial charge in [-0.25, -0.2) is 14.6 Å². The summed E-state index contributed by atoms with van der Waals surface area (Å²) in [5.74, 6) is -0.736. The van der Waals surface area contributed by atoms with E-state index in [9.17, 15) is 9.59 Å². The Morgan fingerprint density at radius 3 is 2.71 bits per heavy atom. The molecule has 21 heavy (non-hydrogen) atoms. The zero-order valence-corrected chi connectivity index (χ0v) is 13.1. The number of urea groups is 1. The number of amides is 2. The largest absolute Gasteiger partial charge is 0.495 e. The van der Waals surface area contributed by atoms with Gasteiger partial charge in [0.1, 0.15) is 5.75 Å². The van der Waals surface area contributed by atoms with Gasteiger partial charge in [0.15, 0.2) is 5.13 Å². The number of carboxylic acids is 1. The molecular weight excluding hydrogens is 362 g/mol. The topological polar surface area (TPSA) is 101 Å². The Morgan fingerprint density at radius 1 is 1.38 bits per heavy atom. The molecule has 0 saturated heterocycles. The Kier molecular flexibility index (Phi) is 4.76. The Bertz CT molecular complexity index is 689. The van der Waals surface area contributed by atoms with Crippen LogP contribution in [0.15, 0.2) is 28.2 Å². The number of carbonyl (C=O) groups is 2. The number of nitrogens with one attached hydrogen (secondary N) is 2. The lowest BCUT2D eigenvalue weighted by atomic mass is 10.2. The van der Waals surface area contributed by atoms with Gasteiger partial charge >= 0.3 is 12.0 Å². The van der Waals surface area contributed by atoms with Crippen LogP contribution in [-0.2, 0) is 0 Å². The minimum absolute atomic E-state index is 0.0445. The van der Waals surface area contributed by atoms with Crippen molar-refractivity contribution in [3.63, 3.8) is 0 Å². The predicted molar refractivity (Wildman–Crippen MR) is 82.4 cm³/mol. The number of carbonyl (C=O) groups excluding carboxylic acids is 1. The molecule has 0 unspecified atom stereocenters. The predicted octanol–water partition coefficient (Wildman–Crippen LogP) is 3.26. The van der Waals surface area contributed by atoms with Crippen molar-refractivity contribution in [2.75, 3.05) is 17.7 Å². The maximum Gasteiger partial charge on any atom is 0.335 e. The number of hydrogen-bond acceptors (Lipinski definition) is 5. The number of aromatic nitrogens is 1. The van der Waals surface area contributed by atoms with E-state index in [4.69, 9.17) is 9.84 Å². The summed E-state index contributed by atoms with van der Waals surface area (Å²) in [6, 6.07) is 3.64. The van der Waals surface area contributed by atoms with Crippen LogP contribution in [0.25, 0.3) is 0 Å². The second-order valence-electron chi connectivity index (χ2n) is 3.77. The molecule has 0 aliphatic heterocycles. The molecule has 0 spiro atoms. The smallest absolute Gasteiger partial charge is 0.335 e. The van der Waals surface area contributed by atoms with Crippen molar-refractivity contribution in [1.82, 2.24) is 4.98 Å². The molecule has 3 N–H and O–H groups in total. The van der Waals surface area contributed by atoms with E-state index in [1.807, 2.05) is 0 Å². The normalized spacial score (nSPS) is 10.0. The molecule has 0 bridgehead atoms. The van der Waals surface area contributed by atoms with Crippen molar-refractivity contribution in [2.45, 2.75) is 0 Å². The van der Waals surface area contributed by atoms with Crippen molar-refractivity contribution < 1.29 is 19.4 Å². The molecule has 2 aromatic rings. The number of benzene rings is 1. The summed E-state index contributed by atoms with van der Waals surface area (Å²) in [4.78, 5) is 26.8. The van der Waals surface area contributed by atoms with Crippen LogP contribution >= 0.6 is 27.3 Å². The van der Waals surface area contributed by atoms with Crippen LogP contribution in [-0.4, -0.2) is 29.2 Å². The molecular formula is C12H10BrN3O4S. The molecule has 0 aliphatic carbocycles. The van der Waals surface area contributed by atoms with Gasteiger partial charge in [0.2, 0.25) is 0 Å². The third-order valence-corrected chi connectivity index (χ3v) is 3.78. The summed E-state index contributed by atoms with van der Waals surface area (Å²) in [6.07, 6.45) is 1.56. The molecule has 0 saturated carbocycles. The Labute approximate surface area is 132 Å². The number of nitrogens with zero attached hydrogens (tertiary/aromatic N) is 1. The first kappa shape index (κ1) is 15.3. The number of aromatic carboxylic acids is 1. The van der Waals surface area contributed by atoms with Crippen LogP contribution in [0.1, 0.15) is 10.4 Å². The monoisotopic (exact) mass is 371 g/mol. The minimum atomic E-state index is -1.09. The van der Waals surface area contributed by atoms with Gasteiger partial charge in [-0.05, 0) is 34.1 Å². The highest BCUT2D eigenvalue weighted by Gasteiger charge is 2.12. The molecule has 0 atom stereocenters. The number of carboxylic acid groups (broad SMARTS) is 1. The van der Waals surface area contributed by atoms with E-state index in [-0.39, 0.29) is 11.3 Å². The fourth-order valence-electron chi connectivity index (χ4n) is 1.50. The van der Waals surface area contributed by atoms with E-state index < -0.39 is 12.0 Å². The fourth-order valence-corrected chi connectivity index (χ4v) is 2.60. The van der Waals surface area contributed by atoms with E-state index in [1.54, 1.807) is 6.20 Å². The molecule has 0 radical (unpaired) electrons. The molecule has 7 nitrogen and oxygen atoms in total. The second-order valence-corrected chi connectivity index (χ2v) is 6.18. The first-order valence-electron chi connectivity index (χ1n) is 5.60. The van der Waals surface area contributed by atoms with Crippen molar-refractivity contribution in [1.29, 1.82) is 0 Å². The van der Waals surface area contributed by atoms with Crippen LogP contribution in [0, 0.1) is 0 Å². The SMILES string of the molecule is COc1ccc(C(=O)O)cc1NC(=O)Nc1ncc(Br)s1. The summed E-state index contributed by atoms with van der Waals surface area (Å²) in [5.41, 5.74) is 0.300. The Morgan fingerprint density at radius 2 is 2.14 bits per heavy atom. The number of anilines is 2. The quantitative estimate of drug-likeness (QED) is 0.765. The van der Waals surface area contributed by atoms with Crippen LogP contribution in [0.3, 0.4) is 0 Å². The number of rotatable bonds is 4. The van der Waals surface area contributed by atoms with Gasteiger partial charge in [-0.2, -0.15) is 0 Å². The van der Waals surface area contributed by atoms with Gasteiger partial charge in [0.05, 0.1) is 28.3 Å². The number of halogens is 1. The maximum atomic E-state index is 11.9. The molecule has 2 rings (SSSR count). The van der Waals surface area contributed by atoms with Gasteiger partial charge in [-0.3, -0.25) is 5.32 Å². The van der Waals surface area contributed by atoms with Gasteiger partial charge in [-0.15, -0.1) is 0 Å². The van der Waals surface area contributed by atoms with Crippen molar-refractivity contribution in [3.05, 3.63) is 33.7 Å². The van der Waals surface area contributed by atoms with Crippen LogP contribution in [0.5, 0.6) is 5.75 Å². The molecule has 1 aromatic carbocycles. The van der Waals surface area contributed by atoms with Gasteiger partial charge in [0.25, 0.3) is 0 Å². The summed E-state index contributed by atoms with van der Waals surface area (Å²) in [6.45, 7) is 0. The molecule has 9 heteroatoms. The zero-order chi connectivity index (χ0) is 15.4. The van der Waals surface area contributed by atoms with E-state index in [0.29, 0.717) is 10.9 Å². The fraction of sp³-hybridized carbons (Fsp3) is 0.0833. The molecule has 0 fully saturated rings. The average Bonchev–Trinajstić information content (AvgIpc) is 2.83. The van der Waals surface area contributed by atoms with Crippen LogP contribution in [0.2, 0.25) is 0 Å². The summed E-state index contributed by atoms with van der Waals surface area (Å²) in [5, 5.41) is 14.4.